The fourth-order valence-corrected chi connectivity index (χ4v) is 3.51. The van der Waals surface area contributed by atoms with Crippen LogP contribution in [0, 0.1) is 0 Å². The summed E-state index contributed by atoms with van der Waals surface area (Å²) in [5, 5.41) is 7.29. The highest BCUT2D eigenvalue weighted by Gasteiger charge is 2.24. The lowest BCUT2D eigenvalue weighted by atomic mass is 9.91. The van der Waals surface area contributed by atoms with Crippen LogP contribution in [0.2, 0.25) is 0 Å². The van der Waals surface area contributed by atoms with Crippen molar-refractivity contribution in [2.45, 2.75) is 18.8 Å². The molecule has 1 amide bonds. The summed E-state index contributed by atoms with van der Waals surface area (Å²) in [6.45, 7) is 1.48. The van der Waals surface area contributed by atoms with E-state index in [0.29, 0.717) is 12.4 Å². The molecule has 0 radical (unpaired) electrons. The van der Waals surface area contributed by atoms with E-state index in [1.54, 1.807) is 41.7 Å². The summed E-state index contributed by atoms with van der Waals surface area (Å²) in [7, 11) is 1.86. The Kier molecular flexibility index (Phi) is 5.60. The molecule has 1 fully saturated rings. The summed E-state index contributed by atoms with van der Waals surface area (Å²) in [5.41, 5.74) is 2.09. The minimum absolute atomic E-state index is 0.0329. The highest BCUT2D eigenvalue weighted by molar-refractivity contribution is 5.91. The number of aryl methyl sites for hydroxylation is 1. The van der Waals surface area contributed by atoms with Gasteiger partial charge in [0, 0.05) is 62.5 Å². The van der Waals surface area contributed by atoms with Gasteiger partial charge < -0.3 is 10.2 Å². The Hall–Kier alpha value is -3.55. The average Bonchev–Trinajstić information content (AvgIpc) is 3.18. The van der Waals surface area contributed by atoms with Gasteiger partial charge in [0.15, 0.2) is 0 Å². The molecular formula is C21H23N7O. The zero-order chi connectivity index (χ0) is 20.1. The lowest BCUT2D eigenvalue weighted by Crippen LogP contribution is -2.38. The second kappa shape index (κ2) is 8.64. The Balaban J connectivity index is 1.42. The summed E-state index contributed by atoms with van der Waals surface area (Å²) >= 11 is 0. The van der Waals surface area contributed by atoms with Gasteiger partial charge in [0.25, 0.3) is 0 Å². The maximum atomic E-state index is 12.6. The Morgan fingerprint density at radius 2 is 2.10 bits per heavy atom. The lowest BCUT2D eigenvalue weighted by Gasteiger charge is -2.32. The van der Waals surface area contributed by atoms with Crippen molar-refractivity contribution in [1.29, 1.82) is 0 Å². The number of pyridine rings is 1. The van der Waals surface area contributed by atoms with Crippen molar-refractivity contribution < 1.29 is 4.79 Å². The van der Waals surface area contributed by atoms with Gasteiger partial charge in [0.2, 0.25) is 5.91 Å². The van der Waals surface area contributed by atoms with Crippen molar-refractivity contribution in [3.8, 4) is 0 Å². The molecule has 1 N–H and O–H groups in total. The molecule has 3 aromatic rings. The minimum atomic E-state index is 0.0329. The van der Waals surface area contributed by atoms with E-state index >= 15 is 0 Å². The molecule has 148 valence electrons. The minimum Gasteiger partial charge on any atom is -0.339 e. The van der Waals surface area contributed by atoms with Gasteiger partial charge >= 0.3 is 0 Å². The number of piperidine rings is 1. The molecule has 0 aliphatic carbocycles. The number of anilines is 2. The van der Waals surface area contributed by atoms with Gasteiger partial charge in [-0.1, -0.05) is 0 Å². The van der Waals surface area contributed by atoms with E-state index in [2.05, 4.69) is 25.4 Å². The molecule has 4 heterocycles. The quantitative estimate of drug-likeness (QED) is 0.675. The van der Waals surface area contributed by atoms with Crippen molar-refractivity contribution in [3.05, 3.63) is 66.5 Å². The molecular weight excluding hydrogens is 366 g/mol. The van der Waals surface area contributed by atoms with Crippen LogP contribution in [0.5, 0.6) is 0 Å². The first kappa shape index (κ1) is 18.8. The van der Waals surface area contributed by atoms with Gasteiger partial charge in [0.1, 0.15) is 11.6 Å². The van der Waals surface area contributed by atoms with Crippen molar-refractivity contribution >= 4 is 23.6 Å². The van der Waals surface area contributed by atoms with Crippen molar-refractivity contribution in [2.75, 3.05) is 18.4 Å². The molecule has 8 heteroatoms. The van der Waals surface area contributed by atoms with Crippen molar-refractivity contribution in [1.82, 2.24) is 29.6 Å². The van der Waals surface area contributed by atoms with Crippen LogP contribution in [0.15, 0.2) is 55.4 Å². The zero-order valence-electron chi connectivity index (χ0n) is 16.3. The van der Waals surface area contributed by atoms with Crippen LogP contribution in [0.3, 0.4) is 0 Å². The monoisotopic (exact) mass is 389 g/mol. The van der Waals surface area contributed by atoms with Gasteiger partial charge in [-0.2, -0.15) is 5.10 Å². The average molecular weight is 389 g/mol. The third kappa shape index (κ3) is 4.84. The largest absolute Gasteiger partial charge is 0.339 e. The zero-order valence-corrected chi connectivity index (χ0v) is 16.3. The highest BCUT2D eigenvalue weighted by Crippen LogP contribution is 2.28. The number of likely N-dealkylation sites (tertiary alicyclic amines) is 1. The summed E-state index contributed by atoms with van der Waals surface area (Å²) in [6.07, 6.45) is 15.8. The van der Waals surface area contributed by atoms with Crippen molar-refractivity contribution in [2.24, 2.45) is 7.05 Å². The Bertz CT molecular complexity index is 999. The molecule has 0 saturated carbocycles. The Morgan fingerprint density at radius 3 is 2.90 bits per heavy atom. The van der Waals surface area contributed by atoms with E-state index < -0.39 is 0 Å². The van der Waals surface area contributed by atoms with Crippen LogP contribution in [0.25, 0.3) is 6.08 Å². The first-order valence-electron chi connectivity index (χ1n) is 9.62. The molecule has 0 spiro atoms. The molecule has 1 aliphatic heterocycles. The van der Waals surface area contributed by atoms with E-state index in [0.717, 1.165) is 30.8 Å². The Morgan fingerprint density at radius 1 is 1.21 bits per heavy atom. The van der Waals surface area contributed by atoms with Crippen LogP contribution in [-0.4, -0.2) is 48.6 Å². The molecule has 0 aromatic carbocycles. The number of hydrogen-bond donors (Lipinski definition) is 1. The number of hydrogen-bond acceptors (Lipinski definition) is 6. The normalized spacial score (nSPS) is 16.9. The predicted octanol–water partition coefficient (Wildman–Crippen LogP) is 2.77. The van der Waals surface area contributed by atoms with Gasteiger partial charge in [-0.15, -0.1) is 0 Å². The van der Waals surface area contributed by atoms with E-state index in [9.17, 15) is 4.79 Å². The second-order valence-electron chi connectivity index (χ2n) is 7.09. The summed E-state index contributed by atoms with van der Waals surface area (Å²) in [6, 6.07) is 4.05. The first-order valence-corrected chi connectivity index (χ1v) is 9.62. The Labute approximate surface area is 169 Å². The maximum Gasteiger partial charge on any atom is 0.246 e. The third-order valence-electron chi connectivity index (χ3n) is 4.95. The van der Waals surface area contributed by atoms with E-state index in [1.165, 1.54) is 5.56 Å². The summed E-state index contributed by atoms with van der Waals surface area (Å²) in [5.74, 6) is 1.69. The molecule has 4 rings (SSSR count). The molecule has 1 saturated heterocycles. The number of aromatic nitrogens is 5. The third-order valence-corrected chi connectivity index (χ3v) is 4.95. The molecule has 3 aromatic heterocycles. The number of carbonyl (C=O) groups excluding carboxylic acids is 1. The highest BCUT2D eigenvalue weighted by atomic mass is 16.2. The molecule has 29 heavy (non-hydrogen) atoms. The second-order valence-corrected chi connectivity index (χ2v) is 7.09. The topological polar surface area (TPSA) is 88.8 Å². The van der Waals surface area contributed by atoms with Gasteiger partial charge in [-0.3, -0.25) is 14.5 Å². The first-order chi connectivity index (χ1) is 14.2. The van der Waals surface area contributed by atoms with Crippen LogP contribution >= 0.6 is 0 Å². The van der Waals surface area contributed by atoms with E-state index in [4.69, 9.17) is 0 Å². The summed E-state index contributed by atoms with van der Waals surface area (Å²) in [4.78, 5) is 27.2. The molecule has 8 nitrogen and oxygen atoms in total. The molecule has 0 bridgehead atoms. The number of amides is 1. The fraction of sp³-hybridized carbons (Fsp3) is 0.286. The lowest BCUT2D eigenvalue weighted by molar-refractivity contribution is -0.127. The maximum absolute atomic E-state index is 12.6. The van der Waals surface area contributed by atoms with Crippen LogP contribution in [0.4, 0.5) is 11.6 Å². The SMILES string of the molecule is Cn1cc(/C=C/C(=O)N2CCCC(c3ccnc(Nc4cnccn4)c3)C2)cn1. The van der Waals surface area contributed by atoms with E-state index in [1.807, 2.05) is 36.4 Å². The standard InChI is InChI=1S/C21H23N7O/c1-27-14-16(12-25-27)4-5-21(29)28-10-2-3-18(15-28)17-6-7-23-19(11-17)26-20-13-22-8-9-24-20/h4-9,11-14,18H,2-3,10,15H2,1H3,(H,23,24,26)/b5-4+. The van der Waals surface area contributed by atoms with E-state index in [-0.39, 0.29) is 11.8 Å². The summed E-state index contributed by atoms with van der Waals surface area (Å²) < 4.78 is 1.72. The van der Waals surface area contributed by atoms with Gasteiger partial charge in [-0.25, -0.2) is 9.97 Å². The molecule has 1 atom stereocenters. The number of nitrogens with zero attached hydrogens (tertiary/aromatic N) is 6. The predicted molar refractivity (Wildman–Crippen MR) is 110 cm³/mol. The van der Waals surface area contributed by atoms with Crippen molar-refractivity contribution in [3.63, 3.8) is 0 Å². The van der Waals surface area contributed by atoms with Gasteiger partial charge in [0.05, 0.1) is 12.4 Å². The van der Waals surface area contributed by atoms with Crippen LogP contribution < -0.4 is 5.32 Å². The number of nitrogens with one attached hydrogen (secondary N) is 1. The van der Waals surface area contributed by atoms with Gasteiger partial charge in [-0.05, 0) is 36.6 Å². The molecule has 1 unspecified atom stereocenters. The van der Waals surface area contributed by atoms with Crippen LogP contribution in [-0.2, 0) is 11.8 Å². The molecule has 1 aliphatic rings. The smallest absolute Gasteiger partial charge is 0.246 e. The number of carbonyl (C=O) groups is 1. The van der Waals surface area contributed by atoms with Crippen LogP contribution in [0.1, 0.15) is 29.9 Å². The number of rotatable bonds is 5. The fourth-order valence-electron chi connectivity index (χ4n) is 3.51.